The van der Waals surface area contributed by atoms with Gasteiger partial charge in [-0.3, -0.25) is 10.1 Å². The van der Waals surface area contributed by atoms with Gasteiger partial charge in [-0.25, -0.2) is 14.8 Å². The van der Waals surface area contributed by atoms with Gasteiger partial charge in [0.1, 0.15) is 5.82 Å². The van der Waals surface area contributed by atoms with E-state index in [1.54, 1.807) is 48.2 Å². The molecule has 0 atom stereocenters. The molecule has 0 unspecified atom stereocenters. The largest absolute Gasteiger partial charge is 0.452 e. The van der Waals surface area contributed by atoms with Crippen molar-refractivity contribution in [3.05, 3.63) is 53.8 Å². The van der Waals surface area contributed by atoms with Crippen molar-refractivity contribution in [2.24, 2.45) is 0 Å². The van der Waals surface area contributed by atoms with Crippen molar-refractivity contribution in [2.75, 3.05) is 11.9 Å². The Balaban J connectivity index is 1.55. The third-order valence-corrected chi connectivity index (χ3v) is 3.59. The van der Waals surface area contributed by atoms with Crippen molar-refractivity contribution in [3.63, 3.8) is 0 Å². The van der Waals surface area contributed by atoms with Crippen molar-refractivity contribution in [1.82, 2.24) is 15.0 Å². The molecule has 1 amide bonds. The fourth-order valence-corrected chi connectivity index (χ4v) is 2.39. The molecule has 2 aromatic heterocycles. The summed E-state index contributed by atoms with van der Waals surface area (Å²) in [5.74, 6) is -0.279. The summed E-state index contributed by atoms with van der Waals surface area (Å²) in [6.45, 7) is -0.363. The van der Waals surface area contributed by atoms with Gasteiger partial charge >= 0.3 is 5.97 Å². The highest BCUT2D eigenvalue weighted by atomic mass is 32.1. The highest BCUT2D eigenvalue weighted by molar-refractivity contribution is 7.13. The van der Waals surface area contributed by atoms with Crippen molar-refractivity contribution in [3.8, 4) is 11.4 Å². The lowest BCUT2D eigenvalue weighted by atomic mass is 10.1. The monoisotopic (exact) mass is 328 g/mol. The van der Waals surface area contributed by atoms with Gasteiger partial charge in [-0.2, -0.15) is 0 Å². The Bertz CT molecular complexity index is 783. The molecule has 23 heavy (non-hydrogen) atoms. The number of carbonyl (C=O) groups is 2. The number of anilines is 1. The topological polar surface area (TPSA) is 97.0 Å². The molecule has 3 rings (SSSR count). The number of nitrogens with one attached hydrogen (secondary N) is 2. The van der Waals surface area contributed by atoms with Crippen LogP contribution in [-0.2, 0) is 9.53 Å². The normalized spacial score (nSPS) is 10.3. The zero-order valence-electron chi connectivity index (χ0n) is 11.9. The maximum absolute atomic E-state index is 11.9. The Kier molecular flexibility index (Phi) is 4.44. The van der Waals surface area contributed by atoms with Crippen molar-refractivity contribution < 1.29 is 14.3 Å². The van der Waals surface area contributed by atoms with Gasteiger partial charge in [0.15, 0.2) is 11.7 Å². The molecule has 8 heteroatoms. The number of imidazole rings is 1. The minimum Gasteiger partial charge on any atom is -0.452 e. The van der Waals surface area contributed by atoms with Crippen LogP contribution in [0, 0.1) is 0 Å². The summed E-state index contributed by atoms with van der Waals surface area (Å²) >= 11 is 1.29. The van der Waals surface area contributed by atoms with E-state index >= 15 is 0 Å². The van der Waals surface area contributed by atoms with Gasteiger partial charge in [-0.05, 0) is 12.1 Å². The van der Waals surface area contributed by atoms with Crippen LogP contribution < -0.4 is 5.32 Å². The van der Waals surface area contributed by atoms with Gasteiger partial charge in [-0.15, -0.1) is 11.3 Å². The number of aromatic nitrogens is 3. The van der Waals surface area contributed by atoms with Crippen LogP contribution >= 0.6 is 11.3 Å². The summed E-state index contributed by atoms with van der Waals surface area (Å²) in [6.07, 6.45) is 4.95. The molecule has 116 valence electrons. The molecule has 0 aliphatic rings. The van der Waals surface area contributed by atoms with Crippen LogP contribution in [0.25, 0.3) is 11.4 Å². The number of rotatable bonds is 5. The molecule has 7 nitrogen and oxygen atoms in total. The Morgan fingerprint density at radius 2 is 2.00 bits per heavy atom. The van der Waals surface area contributed by atoms with Crippen LogP contribution in [0.1, 0.15) is 10.4 Å². The van der Waals surface area contributed by atoms with Crippen LogP contribution in [0.15, 0.2) is 48.2 Å². The first-order valence-electron chi connectivity index (χ1n) is 6.68. The molecular weight excluding hydrogens is 316 g/mol. The molecule has 2 heterocycles. The molecular formula is C15H12N4O3S. The summed E-state index contributed by atoms with van der Waals surface area (Å²) < 4.78 is 4.97. The summed E-state index contributed by atoms with van der Waals surface area (Å²) in [5.41, 5.74) is 1.22. The Morgan fingerprint density at radius 1 is 1.17 bits per heavy atom. The molecule has 3 aromatic rings. The maximum atomic E-state index is 11.9. The van der Waals surface area contributed by atoms with Crippen molar-refractivity contribution in [2.45, 2.75) is 0 Å². The lowest BCUT2D eigenvalue weighted by Crippen LogP contribution is -2.20. The zero-order valence-corrected chi connectivity index (χ0v) is 12.7. The van der Waals surface area contributed by atoms with Gasteiger partial charge in [0.2, 0.25) is 0 Å². The quantitative estimate of drug-likeness (QED) is 0.701. The third-order valence-electron chi connectivity index (χ3n) is 2.91. The number of benzene rings is 1. The number of amides is 1. The molecule has 0 saturated carbocycles. The van der Waals surface area contributed by atoms with E-state index in [0.717, 1.165) is 5.56 Å². The Labute approximate surface area is 135 Å². The molecule has 2 N–H and O–H groups in total. The number of esters is 1. The van der Waals surface area contributed by atoms with Gasteiger partial charge in [0.05, 0.1) is 5.56 Å². The number of ether oxygens (including phenoxy) is 1. The molecule has 0 saturated heterocycles. The first-order valence-corrected chi connectivity index (χ1v) is 7.56. The highest BCUT2D eigenvalue weighted by Gasteiger charge is 2.11. The average molecular weight is 328 g/mol. The molecule has 0 spiro atoms. The second kappa shape index (κ2) is 6.84. The number of H-pyrrole nitrogens is 1. The Hall–Kier alpha value is -3.00. The van der Waals surface area contributed by atoms with Crippen LogP contribution in [-0.4, -0.2) is 33.4 Å². The van der Waals surface area contributed by atoms with E-state index in [1.807, 2.05) is 0 Å². The van der Waals surface area contributed by atoms with Crippen LogP contribution in [0.5, 0.6) is 0 Å². The van der Waals surface area contributed by atoms with E-state index in [9.17, 15) is 9.59 Å². The van der Waals surface area contributed by atoms with Crippen LogP contribution in [0.3, 0.4) is 0 Å². The standard InChI is InChI=1S/C15H12N4O3S/c20-12(19-15-18-7-8-23-15)9-22-14(21)11-3-1-10(2-4-11)13-16-5-6-17-13/h1-8H,9H2,(H,16,17)(H,18,19,20). The van der Waals surface area contributed by atoms with Crippen LogP contribution in [0.4, 0.5) is 5.13 Å². The Morgan fingerprint density at radius 3 is 2.65 bits per heavy atom. The zero-order chi connectivity index (χ0) is 16.1. The summed E-state index contributed by atoms with van der Waals surface area (Å²) in [5, 5.41) is 4.74. The molecule has 1 aromatic carbocycles. The number of thiazole rings is 1. The molecule has 0 aliphatic heterocycles. The van der Waals surface area contributed by atoms with E-state index in [1.165, 1.54) is 11.3 Å². The minimum absolute atomic E-state index is 0.363. The first-order chi connectivity index (χ1) is 11.2. The van der Waals surface area contributed by atoms with Gasteiger partial charge in [0.25, 0.3) is 5.91 Å². The third kappa shape index (κ3) is 3.80. The van der Waals surface area contributed by atoms with E-state index in [-0.39, 0.29) is 6.61 Å². The summed E-state index contributed by atoms with van der Waals surface area (Å²) in [4.78, 5) is 34.5. The highest BCUT2D eigenvalue weighted by Crippen LogP contribution is 2.15. The summed E-state index contributed by atoms with van der Waals surface area (Å²) in [7, 11) is 0. The number of nitrogens with zero attached hydrogens (tertiary/aromatic N) is 2. The van der Waals surface area contributed by atoms with E-state index in [0.29, 0.717) is 16.5 Å². The van der Waals surface area contributed by atoms with E-state index < -0.39 is 11.9 Å². The smallest absolute Gasteiger partial charge is 0.338 e. The predicted octanol–water partition coefficient (Wildman–Crippen LogP) is 2.33. The van der Waals surface area contributed by atoms with Crippen molar-refractivity contribution >= 4 is 28.3 Å². The number of hydrogen-bond acceptors (Lipinski definition) is 6. The molecule has 0 bridgehead atoms. The molecule has 0 aliphatic carbocycles. The second-order valence-electron chi connectivity index (χ2n) is 4.48. The first kappa shape index (κ1) is 14.9. The molecule has 0 fully saturated rings. The lowest BCUT2D eigenvalue weighted by Gasteiger charge is -2.05. The minimum atomic E-state index is -0.565. The number of aromatic amines is 1. The SMILES string of the molecule is O=C(COC(=O)c1ccc(-c2ncc[nH]2)cc1)Nc1nccs1. The number of carbonyl (C=O) groups excluding carboxylic acids is 2. The fourth-order valence-electron chi connectivity index (χ4n) is 1.84. The van der Waals surface area contributed by atoms with Crippen molar-refractivity contribution in [1.29, 1.82) is 0 Å². The van der Waals surface area contributed by atoms with Gasteiger partial charge in [-0.1, -0.05) is 12.1 Å². The van der Waals surface area contributed by atoms with Gasteiger partial charge < -0.3 is 9.72 Å². The van der Waals surface area contributed by atoms with Crippen LogP contribution in [0.2, 0.25) is 0 Å². The predicted molar refractivity (Wildman–Crippen MR) is 85.0 cm³/mol. The number of hydrogen-bond donors (Lipinski definition) is 2. The van der Waals surface area contributed by atoms with E-state index in [2.05, 4.69) is 20.3 Å². The lowest BCUT2D eigenvalue weighted by molar-refractivity contribution is -0.119. The molecule has 0 radical (unpaired) electrons. The van der Waals surface area contributed by atoms with Gasteiger partial charge in [0, 0.05) is 29.5 Å². The maximum Gasteiger partial charge on any atom is 0.338 e. The fraction of sp³-hybridized carbons (Fsp3) is 0.0667. The second-order valence-corrected chi connectivity index (χ2v) is 5.37. The summed E-state index contributed by atoms with van der Waals surface area (Å²) in [6, 6.07) is 6.76. The average Bonchev–Trinajstić information content (AvgIpc) is 3.26. The van der Waals surface area contributed by atoms with E-state index in [4.69, 9.17) is 4.74 Å².